The quantitative estimate of drug-likeness (QED) is 0.257. The molecule has 26 heavy (non-hydrogen) atoms. The highest BCUT2D eigenvalue weighted by Gasteiger charge is 2.09. The first-order valence-corrected chi connectivity index (χ1v) is 8.81. The molecule has 142 valence electrons. The summed E-state index contributed by atoms with van der Waals surface area (Å²) in [5.41, 5.74) is 2.25. The van der Waals surface area contributed by atoms with Crippen molar-refractivity contribution in [3.05, 3.63) is 64.9 Å². The molecule has 0 saturated carbocycles. The molecule has 0 bridgehead atoms. The van der Waals surface area contributed by atoms with Crippen LogP contribution in [0.25, 0.3) is 0 Å². The fourth-order valence-electron chi connectivity index (χ4n) is 2.38. The molecule has 2 N–H and O–H groups in total. The van der Waals surface area contributed by atoms with Gasteiger partial charge in [-0.05, 0) is 30.5 Å². The molecule has 0 radical (unpaired) electrons. The van der Waals surface area contributed by atoms with Crippen LogP contribution in [0, 0.1) is 0 Å². The second-order valence-electron chi connectivity index (χ2n) is 5.52. The molecule has 1 aromatic heterocycles. The summed E-state index contributed by atoms with van der Waals surface area (Å²) in [5, 5.41) is 7.10. The molecule has 2 rings (SSSR count). The Bertz CT molecular complexity index is 652. The van der Waals surface area contributed by atoms with Crippen LogP contribution in [0.4, 0.5) is 0 Å². The normalized spacial score (nSPS) is 12.2. The lowest BCUT2D eigenvalue weighted by molar-refractivity contribution is 0.111. The van der Waals surface area contributed by atoms with Gasteiger partial charge < -0.3 is 15.4 Å². The van der Waals surface area contributed by atoms with Gasteiger partial charge in [0.05, 0.1) is 6.54 Å². The van der Waals surface area contributed by atoms with Gasteiger partial charge in [0.1, 0.15) is 11.3 Å². The van der Waals surface area contributed by atoms with Crippen LogP contribution in [-0.4, -0.2) is 37.7 Å². The summed E-state index contributed by atoms with van der Waals surface area (Å²) in [7, 11) is 1.71. The highest BCUT2D eigenvalue weighted by atomic mass is 127. The monoisotopic (exact) mass is 488 g/mol. The number of nitrogens with one attached hydrogen (secondary N) is 2. The maximum atomic E-state index is 5.80. The zero-order chi connectivity index (χ0) is 17.9. The summed E-state index contributed by atoms with van der Waals surface area (Å²) >= 11 is 5.80. The fourth-order valence-corrected chi connectivity index (χ4v) is 2.49. The summed E-state index contributed by atoms with van der Waals surface area (Å²) in [6.07, 6.45) is 2.59. The van der Waals surface area contributed by atoms with Gasteiger partial charge in [-0.15, -0.1) is 24.0 Å². The first-order chi connectivity index (χ1) is 12.2. The molecule has 1 unspecified atom stereocenters. The number of guanidine groups is 1. The summed E-state index contributed by atoms with van der Waals surface area (Å²) < 4.78 is 5.57. The molecule has 0 aliphatic carbocycles. The molecule has 5 nitrogen and oxygen atoms in total. The molecule has 0 spiro atoms. The van der Waals surface area contributed by atoms with Gasteiger partial charge in [0, 0.05) is 26.4 Å². The van der Waals surface area contributed by atoms with Crippen LogP contribution >= 0.6 is 35.6 Å². The number of rotatable bonds is 8. The molecule has 1 atom stereocenters. The lowest BCUT2D eigenvalue weighted by Gasteiger charge is -2.16. The summed E-state index contributed by atoms with van der Waals surface area (Å²) in [5.74, 6) is 0.780. The highest BCUT2D eigenvalue weighted by Crippen LogP contribution is 2.16. The minimum atomic E-state index is -0.0582. The van der Waals surface area contributed by atoms with Gasteiger partial charge in [-0.25, -0.2) is 4.98 Å². The highest BCUT2D eigenvalue weighted by molar-refractivity contribution is 14.0. The molecule has 0 amide bonds. The number of pyridine rings is 1. The van der Waals surface area contributed by atoms with Crippen LogP contribution < -0.4 is 10.6 Å². The molecule has 1 aromatic carbocycles. The van der Waals surface area contributed by atoms with Crippen molar-refractivity contribution in [2.24, 2.45) is 4.99 Å². The van der Waals surface area contributed by atoms with Crippen molar-refractivity contribution >= 4 is 41.5 Å². The van der Waals surface area contributed by atoms with Crippen LogP contribution in [0.2, 0.25) is 5.15 Å². The van der Waals surface area contributed by atoms with E-state index >= 15 is 0 Å². The van der Waals surface area contributed by atoms with Gasteiger partial charge in [-0.1, -0.05) is 48.0 Å². The third-order valence-electron chi connectivity index (χ3n) is 3.71. The van der Waals surface area contributed by atoms with Gasteiger partial charge in [-0.2, -0.15) is 0 Å². The fraction of sp³-hybridized carbons (Fsp3) is 0.368. The second kappa shape index (κ2) is 12.9. The van der Waals surface area contributed by atoms with Gasteiger partial charge >= 0.3 is 0 Å². The first-order valence-electron chi connectivity index (χ1n) is 8.43. The van der Waals surface area contributed by atoms with Crippen molar-refractivity contribution in [3.8, 4) is 0 Å². The second-order valence-corrected chi connectivity index (χ2v) is 5.91. The Kier molecular flexibility index (Phi) is 11.2. The van der Waals surface area contributed by atoms with Gasteiger partial charge in [0.2, 0.25) is 0 Å². The van der Waals surface area contributed by atoms with Gasteiger partial charge in [0.25, 0.3) is 0 Å². The van der Waals surface area contributed by atoms with E-state index in [1.165, 1.54) is 0 Å². The Hall–Kier alpha value is -1.38. The molecule has 0 aliphatic rings. The van der Waals surface area contributed by atoms with E-state index < -0.39 is 0 Å². The van der Waals surface area contributed by atoms with E-state index in [-0.39, 0.29) is 30.1 Å². The number of hydrogen-bond donors (Lipinski definition) is 2. The van der Waals surface area contributed by atoms with Crippen LogP contribution in [0.15, 0.2) is 53.7 Å². The number of aliphatic imine (C=N–C) groups is 1. The zero-order valence-electron chi connectivity index (χ0n) is 15.1. The molecule has 7 heteroatoms. The van der Waals surface area contributed by atoms with E-state index in [9.17, 15) is 0 Å². The molecule has 1 heterocycles. The van der Waals surface area contributed by atoms with Crippen molar-refractivity contribution < 1.29 is 4.74 Å². The van der Waals surface area contributed by atoms with Crippen LogP contribution in [0.1, 0.15) is 24.2 Å². The van der Waals surface area contributed by atoms with E-state index in [1.807, 2.05) is 31.2 Å². The number of hydrogen-bond acceptors (Lipinski definition) is 3. The Morgan fingerprint density at radius 2 is 1.96 bits per heavy atom. The van der Waals surface area contributed by atoms with E-state index in [0.717, 1.165) is 36.6 Å². The molecule has 0 fully saturated rings. The summed E-state index contributed by atoms with van der Waals surface area (Å²) in [6.45, 7) is 4.17. The number of nitrogens with zero attached hydrogens (tertiary/aromatic N) is 2. The van der Waals surface area contributed by atoms with Crippen molar-refractivity contribution in [1.82, 2.24) is 15.6 Å². The summed E-state index contributed by atoms with van der Waals surface area (Å²) in [4.78, 5) is 8.73. The smallest absolute Gasteiger partial charge is 0.191 e. The third kappa shape index (κ3) is 7.88. The van der Waals surface area contributed by atoms with Crippen molar-refractivity contribution in [3.63, 3.8) is 0 Å². The number of aromatic nitrogens is 1. The first kappa shape index (κ1) is 22.7. The lowest BCUT2D eigenvalue weighted by Crippen LogP contribution is -2.38. The minimum absolute atomic E-state index is 0. The Morgan fingerprint density at radius 3 is 2.58 bits per heavy atom. The summed E-state index contributed by atoms with van der Waals surface area (Å²) in [6, 6.07) is 13.9. The molecule has 0 saturated heterocycles. The maximum absolute atomic E-state index is 5.80. The van der Waals surface area contributed by atoms with Crippen molar-refractivity contribution in [1.29, 1.82) is 0 Å². The SMILES string of the molecule is CCNC(=NCC(OC)c1ccccc1)NCCc1ccc(Cl)nc1.I. The Balaban J connectivity index is 0.00000338. The van der Waals surface area contributed by atoms with Crippen molar-refractivity contribution in [2.45, 2.75) is 19.4 Å². The topological polar surface area (TPSA) is 58.5 Å². The van der Waals surface area contributed by atoms with E-state index in [2.05, 4.69) is 32.7 Å². The Labute approximate surface area is 177 Å². The average Bonchev–Trinajstić information content (AvgIpc) is 2.64. The van der Waals surface area contributed by atoms with Crippen LogP contribution in [-0.2, 0) is 11.2 Å². The van der Waals surface area contributed by atoms with E-state index in [4.69, 9.17) is 16.3 Å². The number of methoxy groups -OCH3 is 1. The molecule has 2 aromatic rings. The van der Waals surface area contributed by atoms with Gasteiger partial charge in [0.15, 0.2) is 5.96 Å². The maximum Gasteiger partial charge on any atom is 0.191 e. The standard InChI is InChI=1S/C19H25ClN4O.HI/c1-3-21-19(22-12-11-15-9-10-18(20)23-13-15)24-14-17(25-2)16-7-5-4-6-8-16;/h4-10,13,17H,3,11-12,14H2,1-2H3,(H2,21,22,24);1H. The Morgan fingerprint density at radius 1 is 1.19 bits per heavy atom. The number of halogens is 2. The largest absolute Gasteiger partial charge is 0.375 e. The molecular weight excluding hydrogens is 463 g/mol. The molecule has 0 aliphatic heterocycles. The van der Waals surface area contributed by atoms with Crippen molar-refractivity contribution in [2.75, 3.05) is 26.7 Å². The average molecular weight is 489 g/mol. The zero-order valence-corrected chi connectivity index (χ0v) is 18.2. The predicted octanol–water partition coefficient (Wildman–Crippen LogP) is 3.84. The van der Waals surface area contributed by atoms with Crippen LogP contribution in [0.5, 0.6) is 0 Å². The van der Waals surface area contributed by atoms with Gasteiger partial charge in [-0.3, -0.25) is 4.99 Å². The lowest BCUT2D eigenvalue weighted by atomic mass is 10.1. The third-order valence-corrected chi connectivity index (χ3v) is 3.93. The number of benzene rings is 1. The number of ether oxygens (including phenoxy) is 1. The minimum Gasteiger partial charge on any atom is -0.375 e. The predicted molar refractivity (Wildman–Crippen MR) is 119 cm³/mol. The van der Waals surface area contributed by atoms with Crippen LogP contribution in [0.3, 0.4) is 0 Å². The van der Waals surface area contributed by atoms with E-state index in [0.29, 0.717) is 11.7 Å². The molecular formula is C19H26ClIN4O. The van der Waals surface area contributed by atoms with E-state index in [1.54, 1.807) is 19.4 Å².